The molecule has 2 aliphatic rings. The van der Waals surface area contributed by atoms with Gasteiger partial charge in [-0.05, 0) is 49.2 Å². The third-order valence-electron chi connectivity index (χ3n) is 6.80. The van der Waals surface area contributed by atoms with Gasteiger partial charge in [-0.15, -0.1) is 0 Å². The number of benzene rings is 1. The second kappa shape index (κ2) is 9.23. The van der Waals surface area contributed by atoms with Crippen molar-refractivity contribution in [1.82, 2.24) is 15.0 Å². The number of nitrogens with zero attached hydrogens (tertiary/aromatic N) is 4. The Bertz CT molecular complexity index is 1320. The highest BCUT2D eigenvalue weighted by atomic mass is 35.5. The summed E-state index contributed by atoms with van der Waals surface area (Å²) in [5.74, 6) is 2.61. The van der Waals surface area contributed by atoms with Gasteiger partial charge in [-0.25, -0.2) is 4.98 Å². The Morgan fingerprint density at radius 1 is 1.23 bits per heavy atom. The first-order valence-electron chi connectivity index (χ1n) is 11.5. The van der Waals surface area contributed by atoms with Crippen molar-refractivity contribution in [3.05, 3.63) is 71.7 Å². The highest BCUT2D eigenvalue weighted by Gasteiger charge is 2.43. The average molecular weight is 490 g/mol. The Kier molecular flexibility index (Phi) is 6.11. The first-order chi connectivity index (χ1) is 16.9. The van der Waals surface area contributed by atoms with Gasteiger partial charge in [0.1, 0.15) is 12.4 Å². The SMILES string of the molecule is COc1cc(Nc2ncc3c(n2)N(C)C(C2(C)CC=CC=C2Cl)CO3)ccc1-c1ccnc(C)c1. The van der Waals surface area contributed by atoms with E-state index in [1.807, 2.05) is 56.5 Å². The quantitative estimate of drug-likeness (QED) is 0.479. The maximum absolute atomic E-state index is 6.65. The molecule has 0 bridgehead atoms. The molecule has 0 fully saturated rings. The molecular formula is C27H28ClN5O2. The van der Waals surface area contributed by atoms with E-state index in [9.17, 15) is 0 Å². The summed E-state index contributed by atoms with van der Waals surface area (Å²) in [6.07, 6.45) is 10.5. The van der Waals surface area contributed by atoms with E-state index < -0.39 is 0 Å². The number of anilines is 3. The van der Waals surface area contributed by atoms with Crippen LogP contribution in [0.1, 0.15) is 19.0 Å². The number of rotatable bonds is 5. The summed E-state index contributed by atoms with van der Waals surface area (Å²) in [7, 11) is 3.70. The van der Waals surface area contributed by atoms with Crippen LogP contribution in [0.15, 0.2) is 66.0 Å². The van der Waals surface area contributed by atoms with Gasteiger partial charge in [0.25, 0.3) is 0 Å². The van der Waals surface area contributed by atoms with Crippen LogP contribution in [0.5, 0.6) is 11.5 Å². The lowest BCUT2D eigenvalue weighted by atomic mass is 9.76. The van der Waals surface area contributed by atoms with E-state index >= 15 is 0 Å². The van der Waals surface area contributed by atoms with Gasteiger partial charge in [0.2, 0.25) is 5.95 Å². The van der Waals surface area contributed by atoms with E-state index in [2.05, 4.69) is 33.2 Å². The fourth-order valence-electron chi connectivity index (χ4n) is 4.71. The van der Waals surface area contributed by atoms with Crippen molar-refractivity contribution >= 4 is 29.1 Å². The van der Waals surface area contributed by atoms with Gasteiger partial charge >= 0.3 is 0 Å². The number of hydrogen-bond donors (Lipinski definition) is 1. The lowest BCUT2D eigenvalue weighted by molar-refractivity contribution is 0.186. The molecule has 0 amide bonds. The first-order valence-corrected chi connectivity index (χ1v) is 11.9. The Balaban J connectivity index is 1.41. The molecule has 2 unspecified atom stereocenters. The molecule has 1 N–H and O–H groups in total. The van der Waals surface area contributed by atoms with Crippen molar-refractivity contribution in [2.24, 2.45) is 5.41 Å². The van der Waals surface area contributed by atoms with Gasteiger partial charge in [-0.2, -0.15) is 4.98 Å². The van der Waals surface area contributed by atoms with Crippen molar-refractivity contribution in [3.63, 3.8) is 0 Å². The first kappa shape index (κ1) is 23.2. The number of hydrogen-bond acceptors (Lipinski definition) is 7. The van der Waals surface area contributed by atoms with E-state index in [1.54, 1.807) is 19.5 Å². The van der Waals surface area contributed by atoms with Crippen LogP contribution in [0, 0.1) is 12.3 Å². The van der Waals surface area contributed by atoms with Crippen LogP contribution in [0.4, 0.5) is 17.5 Å². The number of methoxy groups -OCH3 is 1. The fourth-order valence-corrected chi connectivity index (χ4v) is 4.99. The molecule has 1 aliphatic carbocycles. The number of halogens is 1. The predicted molar refractivity (Wildman–Crippen MR) is 140 cm³/mol. The van der Waals surface area contributed by atoms with E-state index in [4.69, 9.17) is 26.1 Å². The molecule has 0 saturated heterocycles. The van der Waals surface area contributed by atoms with Crippen molar-refractivity contribution in [3.8, 4) is 22.6 Å². The second-order valence-electron chi connectivity index (χ2n) is 9.11. The normalized spacial score (nSPS) is 21.1. The third-order valence-corrected chi connectivity index (χ3v) is 7.36. The minimum atomic E-state index is -0.254. The Morgan fingerprint density at radius 2 is 2.09 bits per heavy atom. The molecule has 180 valence electrons. The molecule has 8 heteroatoms. The second-order valence-corrected chi connectivity index (χ2v) is 9.52. The van der Waals surface area contributed by atoms with E-state index in [0.29, 0.717) is 18.3 Å². The lowest BCUT2D eigenvalue weighted by Gasteiger charge is -2.45. The summed E-state index contributed by atoms with van der Waals surface area (Å²) >= 11 is 6.65. The van der Waals surface area contributed by atoms with E-state index in [-0.39, 0.29) is 11.5 Å². The Hall–Kier alpha value is -3.58. The molecule has 0 saturated carbocycles. The molecule has 1 aliphatic heterocycles. The number of nitrogens with one attached hydrogen (secondary N) is 1. The smallest absolute Gasteiger partial charge is 0.229 e. The number of pyridine rings is 1. The zero-order valence-electron chi connectivity index (χ0n) is 20.2. The number of aromatic nitrogens is 3. The van der Waals surface area contributed by atoms with Crippen LogP contribution < -0.4 is 19.7 Å². The zero-order chi connectivity index (χ0) is 24.6. The van der Waals surface area contributed by atoms with Gasteiger partial charge in [-0.1, -0.05) is 30.7 Å². The molecule has 5 rings (SSSR count). The summed E-state index contributed by atoms with van der Waals surface area (Å²) < 4.78 is 11.7. The number of likely N-dealkylation sites (N-methyl/N-ethyl adjacent to an activating group) is 1. The summed E-state index contributed by atoms with van der Waals surface area (Å²) in [5, 5.41) is 4.13. The van der Waals surface area contributed by atoms with Crippen molar-refractivity contribution in [1.29, 1.82) is 0 Å². The summed E-state index contributed by atoms with van der Waals surface area (Å²) in [6.45, 7) is 4.66. The van der Waals surface area contributed by atoms with Crippen molar-refractivity contribution in [2.45, 2.75) is 26.3 Å². The maximum Gasteiger partial charge on any atom is 0.229 e. The highest BCUT2D eigenvalue weighted by Crippen LogP contribution is 2.46. The zero-order valence-corrected chi connectivity index (χ0v) is 21.0. The van der Waals surface area contributed by atoms with Crippen LogP contribution in [-0.4, -0.2) is 41.8 Å². The summed E-state index contributed by atoms with van der Waals surface area (Å²) in [6, 6.07) is 9.99. The van der Waals surface area contributed by atoms with Gasteiger partial charge < -0.3 is 19.7 Å². The molecule has 3 aromatic rings. The monoisotopic (exact) mass is 489 g/mol. The molecule has 2 atom stereocenters. The largest absolute Gasteiger partial charge is 0.496 e. The molecule has 3 heterocycles. The minimum Gasteiger partial charge on any atom is -0.496 e. The summed E-state index contributed by atoms with van der Waals surface area (Å²) in [4.78, 5) is 15.7. The Labute approximate surface area is 210 Å². The number of ether oxygens (including phenoxy) is 2. The number of aryl methyl sites for hydroxylation is 1. The molecule has 0 spiro atoms. The van der Waals surface area contributed by atoms with Crippen LogP contribution in [0.3, 0.4) is 0 Å². The van der Waals surface area contributed by atoms with Gasteiger partial charge in [0.15, 0.2) is 11.6 Å². The van der Waals surface area contributed by atoms with E-state index in [1.165, 1.54) is 0 Å². The van der Waals surface area contributed by atoms with Crippen molar-refractivity contribution < 1.29 is 9.47 Å². The van der Waals surface area contributed by atoms with Crippen LogP contribution in [0.25, 0.3) is 11.1 Å². The number of fused-ring (bicyclic) bond motifs is 1. The highest BCUT2D eigenvalue weighted by molar-refractivity contribution is 6.30. The average Bonchev–Trinajstić information content (AvgIpc) is 2.86. The molecular weight excluding hydrogens is 462 g/mol. The van der Waals surface area contributed by atoms with Crippen LogP contribution in [-0.2, 0) is 0 Å². The standard InChI is InChI=1S/C27H28ClN5O2/c1-17-13-18(10-12-29-17)20-9-8-19(14-21(20)34-4)31-26-30-15-22-25(32-26)33(3)24(16-35-22)27(2)11-6-5-7-23(27)28/h5-10,12-15,24H,11,16H2,1-4H3,(H,30,31,32). The van der Waals surface area contributed by atoms with Crippen LogP contribution >= 0.6 is 11.6 Å². The molecule has 7 nitrogen and oxygen atoms in total. The lowest BCUT2D eigenvalue weighted by Crippen LogP contribution is -2.51. The van der Waals surface area contributed by atoms with Gasteiger partial charge in [-0.3, -0.25) is 4.98 Å². The van der Waals surface area contributed by atoms with Crippen LogP contribution in [0.2, 0.25) is 0 Å². The summed E-state index contributed by atoms with van der Waals surface area (Å²) in [5.41, 5.74) is 3.56. The third kappa shape index (κ3) is 4.32. The number of allylic oxidation sites excluding steroid dienone is 3. The van der Waals surface area contributed by atoms with Gasteiger partial charge in [0, 0.05) is 46.7 Å². The van der Waals surface area contributed by atoms with Crippen molar-refractivity contribution in [2.75, 3.05) is 31.0 Å². The fraction of sp³-hybridized carbons (Fsp3) is 0.296. The van der Waals surface area contributed by atoms with E-state index in [0.717, 1.165) is 45.5 Å². The van der Waals surface area contributed by atoms with Gasteiger partial charge in [0.05, 0.1) is 19.3 Å². The molecule has 0 radical (unpaired) electrons. The molecule has 2 aromatic heterocycles. The molecule has 1 aromatic carbocycles. The molecule has 35 heavy (non-hydrogen) atoms. The Morgan fingerprint density at radius 3 is 2.86 bits per heavy atom. The maximum atomic E-state index is 6.65. The topological polar surface area (TPSA) is 72.4 Å². The minimum absolute atomic E-state index is 0.0367. The predicted octanol–water partition coefficient (Wildman–Crippen LogP) is 5.89.